The molecule has 1 atom stereocenters. The number of aromatic nitrogens is 1. The van der Waals surface area contributed by atoms with Crippen LogP contribution in [0.4, 0.5) is 35.9 Å². The zero-order valence-corrected chi connectivity index (χ0v) is 45.6. The number of likely N-dealkylation sites (tertiary alicyclic amines) is 2. The Kier molecular flexibility index (Phi) is 16.7. The maximum atomic E-state index is 14.3. The number of sulfone groups is 1. The summed E-state index contributed by atoms with van der Waals surface area (Å²) in [5.74, 6) is 0.254. The Bertz CT molecular complexity index is 3240. The Morgan fingerprint density at radius 1 is 0.789 bits per heavy atom. The van der Waals surface area contributed by atoms with Gasteiger partial charge in [0.2, 0.25) is 0 Å². The van der Waals surface area contributed by atoms with Gasteiger partial charge in [0.1, 0.15) is 4.90 Å². The summed E-state index contributed by atoms with van der Waals surface area (Å²) in [5, 5.41) is 16.9. The molecule has 0 saturated carbocycles. The number of benzene rings is 5. The van der Waals surface area contributed by atoms with E-state index in [2.05, 4.69) is 51.7 Å². The number of alkyl halides is 3. The zero-order valence-electron chi connectivity index (χ0n) is 42.4. The number of halogens is 4. The van der Waals surface area contributed by atoms with E-state index in [4.69, 9.17) is 11.6 Å². The van der Waals surface area contributed by atoms with Gasteiger partial charge in [-0.15, -0.1) is 11.8 Å². The Balaban J connectivity index is 0.889. The number of piperazine rings is 1. The minimum Gasteiger partial charge on any atom is -0.393 e. The van der Waals surface area contributed by atoms with E-state index in [9.17, 15) is 39.9 Å². The number of anilines is 4. The second-order valence-electron chi connectivity index (χ2n) is 19.8. The van der Waals surface area contributed by atoms with E-state index in [1.165, 1.54) is 11.8 Å². The number of amides is 1. The number of nitrogens with one attached hydrogen (secondary N) is 3. The summed E-state index contributed by atoms with van der Waals surface area (Å²) in [5.41, 5.74) is 0.914. The maximum Gasteiger partial charge on any atom is 0.501 e. The van der Waals surface area contributed by atoms with E-state index >= 15 is 0 Å². The molecule has 4 N–H and O–H groups in total. The molecule has 0 bridgehead atoms. The number of sulfonamides is 1. The van der Waals surface area contributed by atoms with Crippen molar-refractivity contribution >= 4 is 71.9 Å². The summed E-state index contributed by atoms with van der Waals surface area (Å²) in [6, 6.07) is 34.1. The van der Waals surface area contributed by atoms with Crippen LogP contribution in [0.25, 0.3) is 22.4 Å². The lowest BCUT2D eigenvalue weighted by atomic mass is 9.95. The highest BCUT2D eigenvalue weighted by Crippen LogP contribution is 2.41. The van der Waals surface area contributed by atoms with Crippen molar-refractivity contribution in [3.63, 3.8) is 0 Å². The van der Waals surface area contributed by atoms with Crippen LogP contribution in [0.2, 0.25) is 5.02 Å². The highest BCUT2D eigenvalue weighted by Gasteiger charge is 2.48. The first kappa shape index (κ1) is 55.0. The van der Waals surface area contributed by atoms with E-state index in [-0.39, 0.29) is 29.4 Å². The van der Waals surface area contributed by atoms with Gasteiger partial charge in [0.05, 0.1) is 34.0 Å². The lowest BCUT2D eigenvalue weighted by Crippen LogP contribution is -2.57. The SMILES string of the molecule is Cc1c(C(=O)NC2CN(C)C2)c(-c2cccc(N3CCN(c4ccc(NS(=O)(=O)c5ccc(NC(CCN6CCC(O)CC6)CSc6ccccc6)c(S(=O)(=O)C(F)(F)F)c5)cc4)CC3)c2)c(-c2ccc(Cl)cc2)n1C. The van der Waals surface area contributed by atoms with Gasteiger partial charge in [0.25, 0.3) is 25.8 Å². The summed E-state index contributed by atoms with van der Waals surface area (Å²) in [7, 11) is -6.62. The monoisotopic (exact) mass is 1120 g/mol. The number of hydrogen-bond donors (Lipinski definition) is 4. The summed E-state index contributed by atoms with van der Waals surface area (Å²) in [6.45, 7) is 7.95. The number of carbonyl (C=O) groups is 1. The highest BCUT2D eigenvalue weighted by atomic mass is 35.5. The van der Waals surface area contributed by atoms with Gasteiger partial charge in [-0.05, 0) is 123 Å². The predicted octanol–water partition coefficient (Wildman–Crippen LogP) is 9.21. The standard InChI is InChI=1S/C55H62ClF3N8O6S3/c1-37-51(54(69)61-43-34-63(2)35-43)52(53(64(37)3)38-12-14-40(56)15-13-38)39-8-7-9-45(32-39)67-30-28-66(29-31-67)44-18-16-41(17-19-44)62-76(72,73)48-20-21-49(50(33-48)75(70,71)55(57,58)59)60-42(36-74-47-10-5-4-6-11-47)22-25-65-26-23-46(68)24-27-65/h4-21,32-33,42-43,46,60,62,68H,22-31,34-36H2,1-3H3,(H,61,69). The Hall–Kier alpha value is -5.74. The molecule has 1 unspecified atom stereocenters. The van der Waals surface area contributed by atoms with Crippen molar-refractivity contribution in [1.82, 2.24) is 19.7 Å². The van der Waals surface area contributed by atoms with Gasteiger partial charge in [-0.3, -0.25) is 9.52 Å². The van der Waals surface area contributed by atoms with Crippen molar-refractivity contribution in [2.24, 2.45) is 7.05 Å². The number of rotatable bonds is 18. The van der Waals surface area contributed by atoms with Crippen LogP contribution in [-0.4, -0.2) is 138 Å². The Labute approximate surface area is 452 Å². The van der Waals surface area contributed by atoms with Crippen molar-refractivity contribution in [2.75, 3.05) is 91.5 Å². The molecule has 404 valence electrons. The molecule has 0 radical (unpaired) electrons. The average molecular weight is 1120 g/mol. The summed E-state index contributed by atoms with van der Waals surface area (Å²) >= 11 is 7.76. The second-order valence-corrected chi connectivity index (χ2v) is 24.9. The molecule has 0 spiro atoms. The van der Waals surface area contributed by atoms with E-state index in [0.29, 0.717) is 87.5 Å². The van der Waals surface area contributed by atoms with E-state index in [1.807, 2.05) is 87.7 Å². The largest absolute Gasteiger partial charge is 0.501 e. The van der Waals surface area contributed by atoms with Gasteiger partial charge >= 0.3 is 5.51 Å². The molecule has 9 rings (SSSR count). The third-order valence-electron chi connectivity index (χ3n) is 14.5. The van der Waals surface area contributed by atoms with Crippen LogP contribution in [-0.2, 0) is 26.9 Å². The molecule has 14 nitrogen and oxygen atoms in total. The molecule has 0 aliphatic carbocycles. The van der Waals surface area contributed by atoms with Crippen LogP contribution in [0.5, 0.6) is 0 Å². The highest BCUT2D eigenvalue weighted by molar-refractivity contribution is 7.99. The van der Waals surface area contributed by atoms with Crippen molar-refractivity contribution in [2.45, 2.75) is 64.6 Å². The fraction of sp³-hybridized carbons (Fsp3) is 0.364. The molecule has 3 aliphatic heterocycles. The summed E-state index contributed by atoms with van der Waals surface area (Å²) in [6.07, 6.45) is 1.25. The third-order valence-corrected chi connectivity index (χ3v) is 18.8. The van der Waals surface area contributed by atoms with Crippen molar-refractivity contribution in [3.8, 4) is 22.4 Å². The number of hydrogen-bond acceptors (Lipinski definition) is 12. The van der Waals surface area contributed by atoms with E-state index < -0.39 is 41.2 Å². The number of piperidine rings is 1. The average Bonchev–Trinajstić information content (AvgIpc) is 3.69. The van der Waals surface area contributed by atoms with Gasteiger partial charge < -0.3 is 39.9 Å². The lowest BCUT2D eigenvalue weighted by molar-refractivity contribution is -0.0435. The molecule has 1 amide bonds. The maximum absolute atomic E-state index is 14.3. The first-order valence-electron chi connectivity index (χ1n) is 25.2. The van der Waals surface area contributed by atoms with Crippen LogP contribution in [0.1, 0.15) is 35.3 Å². The quantitative estimate of drug-likeness (QED) is 0.0606. The van der Waals surface area contributed by atoms with Crippen LogP contribution in [0, 0.1) is 6.92 Å². The van der Waals surface area contributed by atoms with Crippen LogP contribution >= 0.6 is 23.4 Å². The topological polar surface area (TPSA) is 160 Å². The number of carbonyl (C=O) groups excluding carboxylic acids is 1. The number of nitrogens with zero attached hydrogens (tertiary/aromatic N) is 5. The number of likely N-dealkylation sites (N-methyl/N-ethyl adjacent to an activating group) is 1. The van der Waals surface area contributed by atoms with Gasteiger partial charge in [-0.2, -0.15) is 13.2 Å². The molecule has 3 aliphatic rings. The van der Waals surface area contributed by atoms with Gasteiger partial charge in [-0.25, -0.2) is 16.8 Å². The molecule has 3 fully saturated rings. The number of aliphatic hydroxyl groups excluding tert-OH is 1. The zero-order chi connectivity index (χ0) is 53.9. The van der Waals surface area contributed by atoms with E-state index in [1.54, 1.807) is 24.3 Å². The lowest BCUT2D eigenvalue weighted by Gasteiger charge is -2.37. The minimum absolute atomic E-state index is 0.0670. The molecule has 6 aromatic rings. The number of aliphatic hydroxyl groups is 1. The van der Waals surface area contributed by atoms with Gasteiger partial charge in [-0.1, -0.05) is 54.1 Å². The van der Waals surface area contributed by atoms with Crippen LogP contribution < -0.4 is 25.2 Å². The number of thioether (sulfide) groups is 1. The van der Waals surface area contributed by atoms with Crippen molar-refractivity contribution in [3.05, 3.63) is 138 Å². The van der Waals surface area contributed by atoms with Crippen molar-refractivity contribution in [1.29, 1.82) is 0 Å². The fourth-order valence-electron chi connectivity index (χ4n) is 10.1. The van der Waals surface area contributed by atoms with Crippen molar-refractivity contribution < 1.29 is 39.9 Å². The molecular weight excluding hydrogens is 1060 g/mol. The first-order chi connectivity index (χ1) is 36.2. The fourth-order valence-corrected chi connectivity index (χ4v) is 13.4. The molecule has 76 heavy (non-hydrogen) atoms. The normalized spacial score (nSPS) is 16.8. The predicted molar refractivity (Wildman–Crippen MR) is 297 cm³/mol. The Morgan fingerprint density at radius 2 is 1.45 bits per heavy atom. The summed E-state index contributed by atoms with van der Waals surface area (Å²) in [4.78, 5) is 21.9. The molecule has 5 aromatic carbocycles. The first-order valence-corrected chi connectivity index (χ1v) is 29.5. The van der Waals surface area contributed by atoms with Gasteiger partial charge in [0.15, 0.2) is 0 Å². The van der Waals surface area contributed by atoms with Crippen LogP contribution in [0.15, 0.2) is 136 Å². The third kappa shape index (κ3) is 12.5. The Morgan fingerprint density at radius 3 is 2.09 bits per heavy atom. The molecule has 1 aromatic heterocycles. The van der Waals surface area contributed by atoms with E-state index in [0.717, 1.165) is 69.6 Å². The molecule has 4 heterocycles. The minimum atomic E-state index is -6.02. The molecule has 21 heteroatoms. The second kappa shape index (κ2) is 23.1. The molecule has 3 saturated heterocycles. The summed E-state index contributed by atoms with van der Waals surface area (Å²) < 4.78 is 102. The van der Waals surface area contributed by atoms with Gasteiger partial charge in [0, 0.05) is 116 Å². The molecular formula is C55H62ClF3N8O6S3. The smallest absolute Gasteiger partial charge is 0.393 e. The van der Waals surface area contributed by atoms with Crippen LogP contribution in [0.3, 0.4) is 0 Å².